The van der Waals surface area contributed by atoms with Gasteiger partial charge in [-0.1, -0.05) is 141 Å². The summed E-state index contributed by atoms with van der Waals surface area (Å²) in [5, 5.41) is 11.8. The molecule has 404 valence electrons. The first-order valence-corrected chi connectivity index (χ1v) is 26.7. The maximum absolute atomic E-state index is 12.7. The molecule has 1 heterocycles. The highest BCUT2D eigenvalue weighted by molar-refractivity contribution is 6.24. The number of carbonyl (C=O) groups excluding carboxylic acids is 4. The summed E-state index contributed by atoms with van der Waals surface area (Å²) in [5.74, 6) is -0.791. The van der Waals surface area contributed by atoms with Crippen molar-refractivity contribution in [1.82, 2.24) is 31.1 Å². The zero-order valence-electron chi connectivity index (χ0n) is 43.2. The first kappa shape index (κ1) is 72.9. The SMILES string of the molecule is CCCCCCCC/C=C\CCCCCCCC(=O)N[C@@H](CC[N-]Cl)C(=O)NCN1CCN(CNC)CC1.CCCCCCCC/C=C\CCCCCCCC(=O)N[C@@H](CC[NH3+])C(N)=O.Cl.Cl.[Cl-]. The average molecular weight is 1050 g/mol. The monoisotopic (exact) mass is 1040 g/mol. The summed E-state index contributed by atoms with van der Waals surface area (Å²) in [7, 11) is 1.95. The topological polar surface area (TPSA) is 191 Å². The van der Waals surface area contributed by atoms with Gasteiger partial charge in [-0.2, -0.15) is 0 Å². The Morgan fingerprint density at radius 2 is 0.956 bits per heavy atom. The fraction of sp³-hybridized carbons (Fsp3) is 0.843. The number of nitrogens with one attached hydrogen (secondary N) is 4. The van der Waals surface area contributed by atoms with E-state index >= 15 is 0 Å². The number of carbonyl (C=O) groups is 4. The third-order valence-corrected chi connectivity index (χ3v) is 12.1. The third kappa shape index (κ3) is 48.0. The Balaban J connectivity index is -0.000000608. The van der Waals surface area contributed by atoms with Crippen LogP contribution in [-0.2, 0) is 19.2 Å². The second kappa shape index (κ2) is 56.2. The van der Waals surface area contributed by atoms with Crippen molar-refractivity contribution in [3.63, 3.8) is 0 Å². The Labute approximate surface area is 439 Å². The van der Waals surface area contributed by atoms with Crippen LogP contribution in [0.1, 0.15) is 206 Å². The van der Waals surface area contributed by atoms with E-state index < -0.39 is 18.0 Å². The number of halogens is 4. The lowest BCUT2D eigenvalue weighted by Crippen LogP contribution is -3.00. The van der Waals surface area contributed by atoms with Crippen LogP contribution in [0.15, 0.2) is 24.3 Å². The van der Waals surface area contributed by atoms with Crippen LogP contribution < -0.4 is 45.1 Å². The van der Waals surface area contributed by atoms with Gasteiger partial charge in [0.15, 0.2) is 0 Å². The molecule has 2 atom stereocenters. The molecule has 1 fully saturated rings. The van der Waals surface area contributed by atoms with Crippen molar-refractivity contribution in [2.24, 2.45) is 5.73 Å². The van der Waals surface area contributed by atoms with Crippen molar-refractivity contribution in [3.05, 3.63) is 29.1 Å². The van der Waals surface area contributed by atoms with Gasteiger partial charge in [0, 0.05) is 52.1 Å². The van der Waals surface area contributed by atoms with E-state index in [1.165, 1.54) is 122 Å². The molecule has 0 aliphatic carbocycles. The Kier molecular flexibility index (Phi) is 60.3. The number of piperazine rings is 1. The van der Waals surface area contributed by atoms with Gasteiger partial charge in [-0.25, -0.2) is 0 Å². The second-order valence-corrected chi connectivity index (χ2v) is 18.3. The van der Waals surface area contributed by atoms with E-state index in [1.807, 2.05) is 7.05 Å². The molecule has 13 nitrogen and oxygen atoms in total. The summed E-state index contributed by atoms with van der Waals surface area (Å²) in [6, 6.07) is -1.17. The molecule has 1 aliphatic heterocycles. The summed E-state index contributed by atoms with van der Waals surface area (Å²) in [6.45, 7) is 10.6. The van der Waals surface area contributed by atoms with Crippen molar-refractivity contribution in [3.8, 4) is 0 Å². The minimum absolute atomic E-state index is 0. The molecule has 0 bridgehead atoms. The van der Waals surface area contributed by atoms with Crippen LogP contribution in [0.3, 0.4) is 0 Å². The molecular formula is C51H102Cl4N9O4-. The smallest absolute Gasteiger partial charge is 0.243 e. The van der Waals surface area contributed by atoms with Gasteiger partial charge in [0.05, 0.1) is 13.2 Å². The van der Waals surface area contributed by atoms with Crippen LogP contribution in [0.5, 0.6) is 0 Å². The zero-order valence-corrected chi connectivity index (χ0v) is 46.3. The number of hydrogen-bond acceptors (Lipinski definition) is 7. The summed E-state index contributed by atoms with van der Waals surface area (Å²) < 4.78 is 0. The number of nitrogens with zero attached hydrogens (tertiary/aromatic N) is 3. The largest absolute Gasteiger partial charge is 1.00 e. The number of primary amides is 1. The molecular weight excluding hydrogens is 944 g/mol. The molecule has 1 aliphatic rings. The van der Waals surface area contributed by atoms with Gasteiger partial charge >= 0.3 is 0 Å². The van der Waals surface area contributed by atoms with E-state index in [0.29, 0.717) is 45.4 Å². The Bertz CT molecular complexity index is 1200. The van der Waals surface area contributed by atoms with Crippen molar-refractivity contribution in [2.75, 3.05) is 59.7 Å². The van der Waals surface area contributed by atoms with E-state index in [4.69, 9.17) is 17.5 Å². The number of hydrogen-bond donors (Lipinski definition) is 6. The van der Waals surface area contributed by atoms with Gasteiger partial charge in [0.25, 0.3) is 0 Å². The average Bonchev–Trinajstić information content (AvgIpc) is 3.30. The van der Waals surface area contributed by atoms with Gasteiger partial charge in [-0.3, -0.25) is 40.8 Å². The van der Waals surface area contributed by atoms with Crippen LogP contribution in [0.4, 0.5) is 0 Å². The standard InChI is InChI=1S/C29H56ClN6O2.C22H43N3O2.3ClH/c1-3-4-5-6-7-8-9-10-11-12-13-14-15-16-17-18-28(37)34-27(19-20-33-30)29(38)32-26-36-23-21-35(22-24-36)25-31-2;1-2-3-4-5-6-7-8-9-10-11-12-13-14-15-16-17-21(26)25-20(18-19-23)22(24)27;;;/h10-11,27,31H,3-9,12-26H2,1-2H3,(H,32,38)(H,34,37);9-10,20H,2-8,11-19,23H2,1H3,(H2,24,27)(H,25,26);3*1H/q-1;;;;/b11-10-;10-9-;;;/t27-;20-;;;/m00.../s1. The Morgan fingerprint density at radius 1 is 0.588 bits per heavy atom. The van der Waals surface area contributed by atoms with Gasteiger partial charge in [0.2, 0.25) is 23.6 Å². The highest BCUT2D eigenvalue weighted by Gasteiger charge is 2.22. The molecule has 0 saturated carbocycles. The summed E-state index contributed by atoms with van der Waals surface area (Å²) in [6.07, 6.45) is 43.3. The highest BCUT2D eigenvalue weighted by Crippen LogP contribution is 2.12. The van der Waals surface area contributed by atoms with Crippen molar-refractivity contribution in [1.29, 1.82) is 0 Å². The van der Waals surface area contributed by atoms with Crippen LogP contribution in [0.2, 0.25) is 0 Å². The first-order valence-electron chi connectivity index (χ1n) is 26.3. The molecule has 17 heteroatoms. The Hall–Kier alpha value is -1.68. The molecule has 1 saturated heterocycles. The van der Waals surface area contributed by atoms with Crippen LogP contribution in [0.25, 0.3) is 4.84 Å². The maximum atomic E-state index is 12.7. The molecule has 4 amide bonds. The third-order valence-electron chi connectivity index (χ3n) is 12.0. The number of quaternary nitrogens is 1. The molecule has 0 aromatic rings. The van der Waals surface area contributed by atoms with Gasteiger partial charge in [-0.05, 0) is 77.7 Å². The predicted molar refractivity (Wildman–Crippen MR) is 288 cm³/mol. The molecule has 0 spiro atoms. The van der Waals surface area contributed by atoms with E-state index in [0.717, 1.165) is 77.8 Å². The second-order valence-electron chi connectivity index (χ2n) is 18.0. The predicted octanol–water partition coefficient (Wildman–Crippen LogP) is 6.77. The van der Waals surface area contributed by atoms with Crippen molar-refractivity contribution >= 4 is 60.2 Å². The molecule has 0 unspecified atom stereocenters. The molecule has 0 radical (unpaired) electrons. The molecule has 0 aromatic carbocycles. The summed E-state index contributed by atoms with van der Waals surface area (Å²) in [4.78, 5) is 56.4. The van der Waals surface area contributed by atoms with E-state index in [9.17, 15) is 19.2 Å². The fourth-order valence-corrected chi connectivity index (χ4v) is 7.92. The molecule has 68 heavy (non-hydrogen) atoms. The minimum Gasteiger partial charge on any atom is -1.00 e. The maximum Gasteiger partial charge on any atom is 0.243 e. The normalized spacial score (nSPS) is 13.7. The lowest BCUT2D eigenvalue weighted by Gasteiger charge is -2.34. The van der Waals surface area contributed by atoms with E-state index in [2.05, 4.69) is 79.8 Å². The summed E-state index contributed by atoms with van der Waals surface area (Å²) in [5.41, 5.74) is 8.97. The number of amides is 4. The highest BCUT2D eigenvalue weighted by atomic mass is 35.5. The quantitative estimate of drug-likeness (QED) is 0.0287. The molecule has 0 aromatic heterocycles. The molecule has 9 N–H and O–H groups in total. The van der Waals surface area contributed by atoms with Crippen LogP contribution in [-0.4, -0.2) is 105 Å². The van der Waals surface area contributed by atoms with Crippen LogP contribution in [0, 0.1) is 0 Å². The Morgan fingerprint density at radius 3 is 1.32 bits per heavy atom. The van der Waals surface area contributed by atoms with E-state index in [-0.39, 0.29) is 54.9 Å². The fourth-order valence-electron chi connectivity index (χ4n) is 7.82. The number of rotatable bonds is 43. The number of allylic oxidation sites excluding steroid dienone is 4. The molecule has 1 rings (SSSR count). The van der Waals surface area contributed by atoms with Gasteiger partial charge < -0.3 is 50.0 Å². The minimum atomic E-state index is -0.598. The number of nitrogens with two attached hydrogens (primary N) is 1. The lowest BCUT2D eigenvalue weighted by atomic mass is 10.1. The van der Waals surface area contributed by atoms with Gasteiger partial charge in [0.1, 0.15) is 12.1 Å². The van der Waals surface area contributed by atoms with Crippen molar-refractivity contribution < 1.29 is 37.3 Å². The van der Waals surface area contributed by atoms with E-state index in [1.54, 1.807) is 0 Å². The van der Waals surface area contributed by atoms with Crippen molar-refractivity contribution in [2.45, 2.75) is 219 Å². The number of unbranched alkanes of at least 4 members (excludes halogenated alkanes) is 22. The zero-order chi connectivity index (χ0) is 47.9. The lowest BCUT2D eigenvalue weighted by molar-refractivity contribution is -0.368. The van der Waals surface area contributed by atoms with Gasteiger partial charge in [-0.15, -0.1) is 31.4 Å². The first-order chi connectivity index (χ1) is 31.7. The van der Waals surface area contributed by atoms with Crippen LogP contribution >= 0.6 is 36.6 Å². The summed E-state index contributed by atoms with van der Waals surface area (Å²) >= 11 is 5.49.